The molecular formula is C10H12BrNO. The number of aromatic hydroxyl groups is 1. The Morgan fingerprint density at radius 2 is 2.31 bits per heavy atom. The van der Waals surface area contributed by atoms with Crippen LogP contribution >= 0.6 is 15.9 Å². The van der Waals surface area contributed by atoms with Crippen molar-refractivity contribution in [1.82, 2.24) is 0 Å². The molecule has 0 unspecified atom stereocenters. The van der Waals surface area contributed by atoms with E-state index in [9.17, 15) is 5.11 Å². The van der Waals surface area contributed by atoms with Gasteiger partial charge in [0.25, 0.3) is 0 Å². The van der Waals surface area contributed by atoms with Gasteiger partial charge in [-0.15, -0.1) is 0 Å². The third kappa shape index (κ3) is 1.71. The molecule has 1 saturated carbocycles. The van der Waals surface area contributed by atoms with Crippen LogP contribution in [0.4, 0.5) is 0 Å². The smallest absolute Gasteiger partial charge is 0.129 e. The van der Waals surface area contributed by atoms with E-state index in [1.54, 1.807) is 6.07 Å². The van der Waals surface area contributed by atoms with Gasteiger partial charge >= 0.3 is 0 Å². The predicted octanol–water partition coefficient (Wildman–Crippen LogP) is 2.22. The summed E-state index contributed by atoms with van der Waals surface area (Å²) in [6, 6.07) is 5.68. The fraction of sp³-hybridized carbons (Fsp3) is 0.400. The monoisotopic (exact) mass is 241 g/mol. The Morgan fingerprint density at radius 3 is 2.85 bits per heavy atom. The molecule has 0 amide bonds. The fourth-order valence-electron chi connectivity index (χ4n) is 1.67. The second kappa shape index (κ2) is 3.31. The van der Waals surface area contributed by atoms with Gasteiger partial charge in [0, 0.05) is 0 Å². The van der Waals surface area contributed by atoms with Gasteiger partial charge in [0.1, 0.15) is 5.75 Å². The molecule has 1 fully saturated rings. The van der Waals surface area contributed by atoms with Crippen LogP contribution in [0.2, 0.25) is 0 Å². The number of halogens is 1. The molecule has 2 nitrogen and oxygen atoms in total. The Kier molecular flexibility index (Phi) is 2.30. The van der Waals surface area contributed by atoms with E-state index in [0.717, 1.165) is 11.0 Å². The van der Waals surface area contributed by atoms with Crippen molar-refractivity contribution in [2.24, 2.45) is 11.7 Å². The van der Waals surface area contributed by atoms with E-state index >= 15 is 0 Å². The molecule has 1 aliphatic carbocycles. The molecule has 0 aromatic heterocycles. The maximum atomic E-state index is 9.30. The number of phenolic OH excluding ortho intramolecular Hbond substituents is 1. The summed E-state index contributed by atoms with van der Waals surface area (Å²) < 4.78 is 0.771. The molecule has 2 rings (SSSR count). The lowest BCUT2D eigenvalue weighted by atomic mass is 10.1. The molecule has 0 saturated heterocycles. The van der Waals surface area contributed by atoms with Crippen molar-refractivity contribution >= 4 is 15.9 Å². The summed E-state index contributed by atoms with van der Waals surface area (Å²) in [4.78, 5) is 0. The molecule has 0 heterocycles. The highest BCUT2D eigenvalue weighted by atomic mass is 79.9. The van der Waals surface area contributed by atoms with Gasteiger partial charge in [-0.1, -0.05) is 6.07 Å². The Hall–Kier alpha value is -0.540. The molecule has 2 atom stereocenters. The lowest BCUT2D eigenvalue weighted by Crippen LogP contribution is -2.01. The predicted molar refractivity (Wildman–Crippen MR) is 55.7 cm³/mol. The number of hydrogen-bond acceptors (Lipinski definition) is 2. The minimum absolute atomic E-state index is 0.300. The van der Waals surface area contributed by atoms with Crippen molar-refractivity contribution in [3.63, 3.8) is 0 Å². The van der Waals surface area contributed by atoms with E-state index in [4.69, 9.17) is 5.73 Å². The van der Waals surface area contributed by atoms with Crippen molar-refractivity contribution in [3.8, 4) is 5.75 Å². The van der Waals surface area contributed by atoms with Crippen LogP contribution in [0.3, 0.4) is 0 Å². The van der Waals surface area contributed by atoms with Gasteiger partial charge in [-0.25, -0.2) is 0 Å². The Labute approximate surface area is 85.9 Å². The zero-order chi connectivity index (χ0) is 9.42. The third-order valence-corrected chi connectivity index (χ3v) is 3.26. The van der Waals surface area contributed by atoms with Crippen LogP contribution in [-0.2, 0) is 0 Å². The molecule has 1 aliphatic rings. The summed E-state index contributed by atoms with van der Waals surface area (Å²) in [7, 11) is 0. The average Bonchev–Trinajstić information content (AvgIpc) is 2.88. The normalized spacial score (nSPS) is 26.0. The van der Waals surface area contributed by atoms with E-state index < -0.39 is 0 Å². The fourth-order valence-corrected chi connectivity index (χ4v) is 2.07. The van der Waals surface area contributed by atoms with E-state index in [1.807, 2.05) is 12.1 Å². The highest BCUT2D eigenvalue weighted by molar-refractivity contribution is 9.10. The van der Waals surface area contributed by atoms with Crippen molar-refractivity contribution in [1.29, 1.82) is 0 Å². The van der Waals surface area contributed by atoms with Crippen molar-refractivity contribution in [2.75, 3.05) is 6.54 Å². The second-order valence-corrected chi connectivity index (χ2v) is 4.40. The summed E-state index contributed by atoms with van der Waals surface area (Å²) in [6.45, 7) is 0.767. The first-order valence-corrected chi connectivity index (χ1v) is 5.20. The summed E-state index contributed by atoms with van der Waals surface area (Å²) in [6.07, 6.45) is 1.19. The molecule has 0 radical (unpaired) electrons. The zero-order valence-corrected chi connectivity index (χ0v) is 8.79. The first kappa shape index (κ1) is 9.03. The SMILES string of the molecule is NC[C@@H]1C[C@H]1c1ccc(O)c(Br)c1. The van der Waals surface area contributed by atoms with Gasteiger partial charge in [0.2, 0.25) is 0 Å². The van der Waals surface area contributed by atoms with Crippen LogP contribution in [0.1, 0.15) is 17.9 Å². The first-order valence-electron chi connectivity index (χ1n) is 4.41. The highest BCUT2D eigenvalue weighted by Crippen LogP contribution is 2.47. The van der Waals surface area contributed by atoms with Gasteiger partial charge in [0.05, 0.1) is 4.47 Å². The molecule has 0 spiro atoms. The summed E-state index contributed by atoms with van der Waals surface area (Å²) in [5.41, 5.74) is 6.85. The minimum Gasteiger partial charge on any atom is -0.507 e. The van der Waals surface area contributed by atoms with Crippen LogP contribution in [0, 0.1) is 5.92 Å². The van der Waals surface area contributed by atoms with E-state index in [2.05, 4.69) is 15.9 Å². The zero-order valence-electron chi connectivity index (χ0n) is 7.20. The van der Waals surface area contributed by atoms with Crippen LogP contribution in [0.5, 0.6) is 5.75 Å². The van der Waals surface area contributed by atoms with Crippen molar-refractivity contribution in [2.45, 2.75) is 12.3 Å². The lowest BCUT2D eigenvalue weighted by molar-refractivity contribution is 0.471. The third-order valence-electron chi connectivity index (χ3n) is 2.63. The maximum Gasteiger partial charge on any atom is 0.129 e. The first-order chi connectivity index (χ1) is 6.22. The van der Waals surface area contributed by atoms with Gasteiger partial charge in [0.15, 0.2) is 0 Å². The van der Waals surface area contributed by atoms with Crippen LogP contribution in [0.15, 0.2) is 22.7 Å². The summed E-state index contributed by atoms with van der Waals surface area (Å²) in [5.74, 6) is 1.56. The average molecular weight is 242 g/mol. The van der Waals surface area contributed by atoms with Crippen molar-refractivity contribution in [3.05, 3.63) is 28.2 Å². The van der Waals surface area contributed by atoms with Crippen molar-refractivity contribution < 1.29 is 5.11 Å². The quantitative estimate of drug-likeness (QED) is 0.835. The van der Waals surface area contributed by atoms with Crippen LogP contribution in [-0.4, -0.2) is 11.7 Å². The molecule has 70 valence electrons. The number of phenols is 1. The summed E-state index contributed by atoms with van der Waals surface area (Å²) in [5, 5.41) is 9.30. The Morgan fingerprint density at radius 1 is 1.54 bits per heavy atom. The molecule has 3 heteroatoms. The van der Waals surface area contributed by atoms with Gasteiger partial charge in [-0.2, -0.15) is 0 Å². The van der Waals surface area contributed by atoms with E-state index in [1.165, 1.54) is 12.0 Å². The maximum absolute atomic E-state index is 9.30. The van der Waals surface area contributed by atoms with Gasteiger partial charge in [-0.3, -0.25) is 0 Å². The Balaban J connectivity index is 2.19. The summed E-state index contributed by atoms with van der Waals surface area (Å²) >= 11 is 3.30. The van der Waals surface area contributed by atoms with Crippen LogP contribution < -0.4 is 5.73 Å². The molecule has 0 aliphatic heterocycles. The van der Waals surface area contributed by atoms with Gasteiger partial charge in [-0.05, 0) is 58.4 Å². The lowest BCUT2D eigenvalue weighted by Gasteiger charge is -2.01. The Bertz CT molecular complexity index is 327. The molecule has 1 aromatic rings. The highest BCUT2D eigenvalue weighted by Gasteiger charge is 2.36. The molecule has 13 heavy (non-hydrogen) atoms. The largest absolute Gasteiger partial charge is 0.507 e. The molecule has 1 aromatic carbocycles. The molecular weight excluding hydrogens is 230 g/mol. The van der Waals surface area contributed by atoms with Gasteiger partial charge < -0.3 is 10.8 Å². The van der Waals surface area contributed by atoms with E-state index in [0.29, 0.717) is 17.6 Å². The number of hydrogen-bond donors (Lipinski definition) is 2. The molecule has 3 N–H and O–H groups in total. The molecule has 0 bridgehead atoms. The van der Waals surface area contributed by atoms with Crippen LogP contribution in [0.25, 0.3) is 0 Å². The minimum atomic E-state index is 0.300. The topological polar surface area (TPSA) is 46.2 Å². The second-order valence-electron chi connectivity index (χ2n) is 3.55. The standard InChI is InChI=1S/C10H12BrNO/c11-9-4-6(1-2-10(9)13)8-3-7(8)5-12/h1-2,4,7-8,13H,3,5,12H2/t7-,8-/m0/s1. The number of rotatable bonds is 2. The van der Waals surface area contributed by atoms with E-state index in [-0.39, 0.29) is 0 Å². The number of nitrogens with two attached hydrogens (primary N) is 1. The number of benzene rings is 1.